The molecule has 8 heteroatoms. The second kappa shape index (κ2) is 9.21. The first-order chi connectivity index (χ1) is 15.5. The third-order valence-corrected chi connectivity index (χ3v) is 8.38. The molecule has 0 unspecified atom stereocenters. The zero-order valence-corrected chi connectivity index (χ0v) is 20.0. The van der Waals surface area contributed by atoms with E-state index in [4.69, 9.17) is 0 Å². The van der Waals surface area contributed by atoms with Crippen LogP contribution >= 0.6 is 0 Å². The zero-order valence-electron chi connectivity index (χ0n) is 20.0. The normalized spacial score (nSPS) is 24.6. The molecule has 2 aromatic rings. The van der Waals surface area contributed by atoms with Crippen LogP contribution in [0.15, 0.2) is 12.4 Å². The Morgan fingerprint density at radius 3 is 1.38 bits per heavy atom. The lowest BCUT2D eigenvalue weighted by atomic mass is 9.74. The Morgan fingerprint density at radius 2 is 1.00 bits per heavy atom. The Morgan fingerprint density at radius 1 is 0.625 bits per heavy atom. The minimum atomic E-state index is 0.223. The van der Waals surface area contributed by atoms with Crippen LogP contribution in [-0.2, 0) is 24.2 Å². The molecule has 2 aromatic heterocycles. The van der Waals surface area contributed by atoms with E-state index in [-0.39, 0.29) is 10.8 Å². The molecule has 0 radical (unpaired) electrons. The largest absolute Gasteiger partial charge is 0.282 e. The van der Waals surface area contributed by atoms with Crippen LogP contribution < -0.4 is 0 Å². The summed E-state index contributed by atoms with van der Waals surface area (Å²) in [6.45, 7) is 10.6. The first kappa shape index (κ1) is 22.0. The van der Waals surface area contributed by atoms with Crippen molar-refractivity contribution in [2.45, 2.75) is 102 Å². The average molecular weight is 441 g/mol. The van der Waals surface area contributed by atoms with E-state index < -0.39 is 0 Å². The SMILES string of the molecule is CC1(c2cn(CN3CCN(Cn4cc(C5(C)CCCCC5)nn4)CC3)nn2)CCCCC1. The molecule has 0 spiro atoms. The van der Waals surface area contributed by atoms with Crippen LogP contribution in [0.25, 0.3) is 0 Å². The number of aromatic nitrogens is 6. The van der Waals surface area contributed by atoms with Crippen molar-refractivity contribution in [1.82, 2.24) is 39.8 Å². The van der Waals surface area contributed by atoms with Gasteiger partial charge in [0.05, 0.1) is 37.1 Å². The predicted molar refractivity (Wildman–Crippen MR) is 124 cm³/mol. The van der Waals surface area contributed by atoms with Gasteiger partial charge in [0.2, 0.25) is 0 Å². The summed E-state index contributed by atoms with van der Waals surface area (Å²) in [5.41, 5.74) is 2.81. The van der Waals surface area contributed by atoms with Gasteiger partial charge in [0.15, 0.2) is 0 Å². The number of nitrogens with zero attached hydrogens (tertiary/aromatic N) is 8. The summed E-state index contributed by atoms with van der Waals surface area (Å²) in [6, 6.07) is 0. The van der Waals surface area contributed by atoms with E-state index in [0.717, 1.165) is 39.5 Å². The molecule has 2 aliphatic carbocycles. The monoisotopic (exact) mass is 440 g/mol. The van der Waals surface area contributed by atoms with Crippen molar-refractivity contribution >= 4 is 0 Å². The van der Waals surface area contributed by atoms with Crippen molar-refractivity contribution in [2.24, 2.45) is 0 Å². The summed E-state index contributed by atoms with van der Waals surface area (Å²) in [4.78, 5) is 4.96. The summed E-state index contributed by atoms with van der Waals surface area (Å²) in [5.74, 6) is 0. The van der Waals surface area contributed by atoms with Crippen LogP contribution in [0, 0.1) is 0 Å². The van der Waals surface area contributed by atoms with Crippen molar-refractivity contribution in [3.05, 3.63) is 23.8 Å². The van der Waals surface area contributed by atoms with Crippen LogP contribution in [0.1, 0.15) is 89.4 Å². The quantitative estimate of drug-likeness (QED) is 0.684. The summed E-state index contributed by atoms with van der Waals surface area (Å²) in [6.07, 6.45) is 17.4. The van der Waals surface area contributed by atoms with Gasteiger partial charge in [-0.25, -0.2) is 9.36 Å². The third-order valence-electron chi connectivity index (χ3n) is 8.38. The lowest BCUT2D eigenvalue weighted by Gasteiger charge is -2.34. The fourth-order valence-electron chi connectivity index (χ4n) is 5.95. The van der Waals surface area contributed by atoms with Crippen LogP contribution in [-0.4, -0.2) is 66.0 Å². The van der Waals surface area contributed by atoms with E-state index in [9.17, 15) is 0 Å². The van der Waals surface area contributed by atoms with Crippen molar-refractivity contribution in [2.75, 3.05) is 26.2 Å². The molecule has 3 aliphatic rings. The Kier molecular flexibility index (Phi) is 6.34. The van der Waals surface area contributed by atoms with Gasteiger partial charge in [0, 0.05) is 37.0 Å². The maximum atomic E-state index is 4.55. The number of rotatable bonds is 6. The molecule has 0 bridgehead atoms. The molecule has 3 fully saturated rings. The van der Waals surface area contributed by atoms with Gasteiger partial charge in [-0.1, -0.05) is 62.8 Å². The van der Waals surface area contributed by atoms with E-state index in [0.29, 0.717) is 0 Å². The molecule has 32 heavy (non-hydrogen) atoms. The minimum absolute atomic E-state index is 0.223. The highest BCUT2D eigenvalue weighted by molar-refractivity contribution is 5.12. The highest BCUT2D eigenvalue weighted by Gasteiger charge is 2.33. The van der Waals surface area contributed by atoms with E-state index in [2.05, 4.69) is 56.7 Å². The van der Waals surface area contributed by atoms with Gasteiger partial charge < -0.3 is 0 Å². The molecule has 5 rings (SSSR count). The van der Waals surface area contributed by atoms with Gasteiger partial charge in [-0.15, -0.1) is 10.2 Å². The highest BCUT2D eigenvalue weighted by atomic mass is 15.5. The second-order valence-corrected chi connectivity index (χ2v) is 11.0. The smallest absolute Gasteiger partial charge is 0.0947 e. The molecule has 1 saturated heterocycles. The predicted octanol–water partition coefficient (Wildman–Crippen LogP) is 3.55. The van der Waals surface area contributed by atoms with E-state index in [1.54, 1.807) is 0 Å². The molecule has 0 N–H and O–H groups in total. The number of hydrogen-bond donors (Lipinski definition) is 0. The Labute approximate surface area is 192 Å². The molecular weight excluding hydrogens is 400 g/mol. The topological polar surface area (TPSA) is 67.9 Å². The van der Waals surface area contributed by atoms with Gasteiger partial charge in [-0.3, -0.25) is 9.80 Å². The Hall–Kier alpha value is -1.80. The molecule has 1 aliphatic heterocycles. The summed E-state index contributed by atoms with van der Waals surface area (Å²) >= 11 is 0. The van der Waals surface area contributed by atoms with Crippen LogP contribution in [0.5, 0.6) is 0 Å². The van der Waals surface area contributed by atoms with Crippen LogP contribution in [0.3, 0.4) is 0 Å². The van der Waals surface area contributed by atoms with Crippen molar-refractivity contribution in [3.63, 3.8) is 0 Å². The van der Waals surface area contributed by atoms with Crippen molar-refractivity contribution in [3.8, 4) is 0 Å². The number of hydrogen-bond acceptors (Lipinski definition) is 6. The molecule has 3 heterocycles. The lowest BCUT2D eigenvalue weighted by molar-refractivity contribution is 0.0793. The Balaban J connectivity index is 1.11. The fraction of sp³-hybridized carbons (Fsp3) is 0.833. The lowest BCUT2D eigenvalue weighted by Crippen LogP contribution is -2.47. The highest BCUT2D eigenvalue weighted by Crippen LogP contribution is 2.38. The fourth-order valence-corrected chi connectivity index (χ4v) is 5.95. The standard InChI is InChI=1S/C24H40N8/c1-23(9-5-3-6-10-23)21-17-31(27-25-21)19-29-13-15-30(16-14-29)20-32-18-22(26-28-32)24(2)11-7-4-8-12-24/h17-18H,3-16,19-20H2,1-2H3. The average Bonchev–Trinajstić information content (AvgIpc) is 3.47. The molecule has 176 valence electrons. The minimum Gasteiger partial charge on any atom is -0.282 e. The molecular formula is C24H40N8. The first-order valence-electron chi connectivity index (χ1n) is 12.8. The zero-order chi connectivity index (χ0) is 22.0. The Bertz CT molecular complexity index is 794. The second-order valence-electron chi connectivity index (χ2n) is 11.0. The molecule has 2 saturated carbocycles. The molecule has 8 nitrogen and oxygen atoms in total. The van der Waals surface area contributed by atoms with E-state index >= 15 is 0 Å². The molecule has 0 aromatic carbocycles. The van der Waals surface area contributed by atoms with Crippen molar-refractivity contribution < 1.29 is 0 Å². The molecule has 0 atom stereocenters. The number of piperazine rings is 1. The van der Waals surface area contributed by atoms with Crippen LogP contribution in [0.2, 0.25) is 0 Å². The summed E-state index contributed by atoms with van der Waals surface area (Å²) < 4.78 is 4.08. The van der Waals surface area contributed by atoms with Gasteiger partial charge in [-0.05, 0) is 25.7 Å². The van der Waals surface area contributed by atoms with Crippen molar-refractivity contribution in [1.29, 1.82) is 0 Å². The van der Waals surface area contributed by atoms with Gasteiger partial charge in [0.1, 0.15) is 0 Å². The first-order valence-corrected chi connectivity index (χ1v) is 12.8. The maximum Gasteiger partial charge on any atom is 0.0947 e. The third kappa shape index (κ3) is 4.76. The van der Waals surface area contributed by atoms with Gasteiger partial charge >= 0.3 is 0 Å². The summed E-state index contributed by atoms with van der Waals surface area (Å²) in [7, 11) is 0. The van der Waals surface area contributed by atoms with Gasteiger partial charge in [-0.2, -0.15) is 0 Å². The van der Waals surface area contributed by atoms with E-state index in [1.165, 1.54) is 75.6 Å². The van der Waals surface area contributed by atoms with Gasteiger partial charge in [0.25, 0.3) is 0 Å². The van der Waals surface area contributed by atoms with Crippen LogP contribution in [0.4, 0.5) is 0 Å². The van der Waals surface area contributed by atoms with E-state index in [1.807, 2.05) is 9.36 Å². The summed E-state index contributed by atoms with van der Waals surface area (Å²) in [5, 5.41) is 18.0. The maximum absolute atomic E-state index is 4.55. The molecule has 0 amide bonds.